The van der Waals surface area contributed by atoms with Crippen molar-refractivity contribution in [1.82, 2.24) is 0 Å². The van der Waals surface area contributed by atoms with Gasteiger partial charge in [-0.25, -0.2) is 0 Å². The number of rotatable bonds is 3. The Labute approximate surface area is 83.9 Å². The highest BCUT2D eigenvalue weighted by atomic mass is 35.5. The third kappa shape index (κ3) is 2.33. The Hall–Kier alpha value is -1.27. The maximum Gasteiger partial charge on any atom is 0.0478 e. The minimum Gasteiger partial charge on any atom is -0.0984 e. The van der Waals surface area contributed by atoms with E-state index >= 15 is 0 Å². The van der Waals surface area contributed by atoms with Crippen LogP contribution in [-0.4, -0.2) is 0 Å². The standard InChI is InChI=1S/C12H11Cl/c1-3-11(12(13)4-2)10-8-6-5-7-9-10/h3-9H,1-2H2. The molecule has 0 aliphatic heterocycles. The Morgan fingerprint density at radius 1 is 1.08 bits per heavy atom. The molecule has 0 spiro atoms. The normalized spacial score (nSPS) is 11.8. The summed E-state index contributed by atoms with van der Waals surface area (Å²) < 4.78 is 0. The SMILES string of the molecule is C=CC(Cl)=C(C=C)c1ccccc1. The first-order chi connectivity index (χ1) is 6.29. The summed E-state index contributed by atoms with van der Waals surface area (Å²) in [6.07, 6.45) is 3.35. The highest BCUT2D eigenvalue weighted by Crippen LogP contribution is 2.22. The van der Waals surface area contributed by atoms with Gasteiger partial charge in [0.05, 0.1) is 0 Å². The molecule has 1 aromatic carbocycles. The molecule has 1 rings (SSSR count). The van der Waals surface area contributed by atoms with Crippen LogP contribution < -0.4 is 0 Å². The predicted octanol–water partition coefficient (Wildman–Crippen LogP) is 4.01. The second-order valence-corrected chi connectivity index (χ2v) is 2.94. The van der Waals surface area contributed by atoms with Gasteiger partial charge in [-0.1, -0.05) is 67.2 Å². The van der Waals surface area contributed by atoms with Crippen molar-refractivity contribution in [3.63, 3.8) is 0 Å². The van der Waals surface area contributed by atoms with Crippen molar-refractivity contribution in [1.29, 1.82) is 0 Å². The topological polar surface area (TPSA) is 0 Å². The van der Waals surface area contributed by atoms with Gasteiger partial charge in [-0.3, -0.25) is 0 Å². The van der Waals surface area contributed by atoms with Gasteiger partial charge in [0.1, 0.15) is 0 Å². The summed E-state index contributed by atoms with van der Waals surface area (Å²) in [6.45, 7) is 7.33. The van der Waals surface area contributed by atoms with E-state index in [1.54, 1.807) is 12.2 Å². The molecule has 0 radical (unpaired) electrons. The van der Waals surface area contributed by atoms with Crippen molar-refractivity contribution in [3.8, 4) is 0 Å². The molecule has 0 unspecified atom stereocenters. The van der Waals surface area contributed by atoms with E-state index < -0.39 is 0 Å². The summed E-state index contributed by atoms with van der Waals surface area (Å²) in [7, 11) is 0. The Morgan fingerprint density at radius 2 is 1.69 bits per heavy atom. The lowest BCUT2D eigenvalue weighted by atomic mass is 10.1. The third-order valence-electron chi connectivity index (χ3n) is 1.73. The van der Waals surface area contributed by atoms with Crippen molar-refractivity contribution >= 4 is 17.2 Å². The van der Waals surface area contributed by atoms with E-state index in [4.69, 9.17) is 11.6 Å². The van der Waals surface area contributed by atoms with Gasteiger partial charge in [0.15, 0.2) is 0 Å². The summed E-state index contributed by atoms with van der Waals surface area (Å²) in [6, 6.07) is 9.87. The van der Waals surface area contributed by atoms with Crippen LogP contribution in [0.15, 0.2) is 60.7 Å². The molecule has 0 fully saturated rings. The minimum atomic E-state index is 0.626. The molecule has 0 bridgehead atoms. The van der Waals surface area contributed by atoms with Crippen LogP contribution in [0, 0.1) is 0 Å². The van der Waals surface area contributed by atoms with E-state index in [-0.39, 0.29) is 0 Å². The molecule has 0 aliphatic carbocycles. The lowest BCUT2D eigenvalue weighted by Crippen LogP contribution is -1.81. The Morgan fingerprint density at radius 3 is 2.15 bits per heavy atom. The lowest BCUT2D eigenvalue weighted by molar-refractivity contribution is 1.61. The number of halogens is 1. The maximum atomic E-state index is 5.96. The van der Waals surface area contributed by atoms with Crippen LogP contribution in [0.2, 0.25) is 0 Å². The zero-order chi connectivity index (χ0) is 9.68. The van der Waals surface area contributed by atoms with Crippen LogP contribution in [0.25, 0.3) is 5.57 Å². The monoisotopic (exact) mass is 190 g/mol. The van der Waals surface area contributed by atoms with Crippen LogP contribution >= 0.6 is 11.6 Å². The van der Waals surface area contributed by atoms with Gasteiger partial charge in [-0.2, -0.15) is 0 Å². The molecule has 1 heteroatoms. The average molecular weight is 191 g/mol. The number of benzene rings is 1. The van der Waals surface area contributed by atoms with Gasteiger partial charge in [0, 0.05) is 5.03 Å². The summed E-state index contributed by atoms with van der Waals surface area (Å²) in [5.74, 6) is 0. The molecule has 0 aromatic heterocycles. The van der Waals surface area contributed by atoms with Crippen LogP contribution in [0.5, 0.6) is 0 Å². The number of allylic oxidation sites excluding steroid dienone is 4. The van der Waals surface area contributed by atoms with Gasteiger partial charge < -0.3 is 0 Å². The van der Waals surface area contributed by atoms with E-state index in [1.165, 1.54) is 0 Å². The summed E-state index contributed by atoms with van der Waals surface area (Å²) in [4.78, 5) is 0. The fraction of sp³-hybridized carbons (Fsp3) is 0. The zero-order valence-corrected chi connectivity index (χ0v) is 8.09. The van der Waals surface area contributed by atoms with E-state index in [0.29, 0.717) is 5.03 Å². The van der Waals surface area contributed by atoms with E-state index in [2.05, 4.69) is 13.2 Å². The molecule has 0 aliphatic rings. The Balaban J connectivity index is 3.20. The summed E-state index contributed by atoms with van der Waals surface area (Å²) in [5, 5.41) is 0.626. The maximum absolute atomic E-state index is 5.96. The molecular formula is C12H11Cl. The molecule has 0 N–H and O–H groups in total. The van der Waals surface area contributed by atoms with Crippen LogP contribution in [-0.2, 0) is 0 Å². The highest BCUT2D eigenvalue weighted by molar-refractivity contribution is 6.34. The number of hydrogen-bond donors (Lipinski definition) is 0. The van der Waals surface area contributed by atoms with E-state index in [0.717, 1.165) is 11.1 Å². The molecule has 0 heterocycles. The van der Waals surface area contributed by atoms with Crippen molar-refractivity contribution in [3.05, 3.63) is 66.2 Å². The first-order valence-electron chi connectivity index (χ1n) is 3.99. The largest absolute Gasteiger partial charge is 0.0984 e. The fourth-order valence-electron chi connectivity index (χ4n) is 1.08. The molecule has 66 valence electrons. The molecule has 0 nitrogen and oxygen atoms in total. The quantitative estimate of drug-likeness (QED) is 0.632. The first kappa shape index (κ1) is 9.82. The summed E-state index contributed by atoms with van der Waals surface area (Å²) >= 11 is 5.96. The first-order valence-corrected chi connectivity index (χ1v) is 4.37. The fourth-order valence-corrected chi connectivity index (χ4v) is 1.27. The van der Waals surface area contributed by atoms with Gasteiger partial charge in [-0.05, 0) is 11.1 Å². The molecule has 13 heavy (non-hydrogen) atoms. The molecule has 1 aromatic rings. The minimum absolute atomic E-state index is 0.626. The molecule has 0 amide bonds. The van der Waals surface area contributed by atoms with Crippen molar-refractivity contribution in [2.75, 3.05) is 0 Å². The van der Waals surface area contributed by atoms with E-state index in [9.17, 15) is 0 Å². The lowest BCUT2D eigenvalue weighted by Gasteiger charge is -2.02. The van der Waals surface area contributed by atoms with Crippen LogP contribution in [0.4, 0.5) is 0 Å². The van der Waals surface area contributed by atoms with Crippen molar-refractivity contribution < 1.29 is 0 Å². The average Bonchev–Trinajstić information content (AvgIpc) is 2.20. The van der Waals surface area contributed by atoms with Crippen molar-refractivity contribution in [2.24, 2.45) is 0 Å². The molecule has 0 atom stereocenters. The van der Waals surface area contributed by atoms with Crippen LogP contribution in [0.1, 0.15) is 5.56 Å². The Bertz CT molecular complexity index is 333. The third-order valence-corrected chi connectivity index (χ3v) is 2.08. The highest BCUT2D eigenvalue weighted by Gasteiger charge is 1.99. The second kappa shape index (κ2) is 4.68. The van der Waals surface area contributed by atoms with Gasteiger partial charge in [0.25, 0.3) is 0 Å². The van der Waals surface area contributed by atoms with Gasteiger partial charge >= 0.3 is 0 Å². The van der Waals surface area contributed by atoms with Gasteiger partial charge in [0.2, 0.25) is 0 Å². The molecular weight excluding hydrogens is 180 g/mol. The number of hydrogen-bond acceptors (Lipinski definition) is 0. The summed E-state index contributed by atoms with van der Waals surface area (Å²) in [5.41, 5.74) is 1.97. The van der Waals surface area contributed by atoms with E-state index in [1.807, 2.05) is 30.3 Å². The molecule has 0 saturated carbocycles. The van der Waals surface area contributed by atoms with Crippen molar-refractivity contribution in [2.45, 2.75) is 0 Å². The van der Waals surface area contributed by atoms with Gasteiger partial charge in [-0.15, -0.1) is 0 Å². The second-order valence-electron chi connectivity index (χ2n) is 2.54. The van der Waals surface area contributed by atoms with Crippen LogP contribution in [0.3, 0.4) is 0 Å². The zero-order valence-electron chi connectivity index (χ0n) is 7.33. The Kier molecular flexibility index (Phi) is 3.53. The smallest absolute Gasteiger partial charge is 0.0478 e. The predicted molar refractivity (Wildman–Crippen MR) is 59.6 cm³/mol. The molecule has 0 saturated heterocycles.